The maximum atomic E-state index is 12.8. The molecule has 2 aromatic rings. The summed E-state index contributed by atoms with van der Waals surface area (Å²) in [6.45, 7) is 3.41. The number of aromatic amines is 1. The van der Waals surface area contributed by atoms with Gasteiger partial charge in [-0.3, -0.25) is 9.89 Å². The molecule has 1 fully saturated rings. The first-order valence-electron chi connectivity index (χ1n) is 7.10. The monoisotopic (exact) mass is 302 g/mol. The SMILES string of the molecule is COc1cc(C)ccc1C(=O)N1CCOC(c2ncn[nH]2)C1. The Morgan fingerprint density at radius 1 is 1.50 bits per heavy atom. The zero-order valence-electron chi connectivity index (χ0n) is 12.6. The molecule has 7 heteroatoms. The molecule has 1 atom stereocenters. The minimum Gasteiger partial charge on any atom is -0.496 e. The Balaban J connectivity index is 1.80. The number of ether oxygens (including phenoxy) is 2. The summed E-state index contributed by atoms with van der Waals surface area (Å²) in [4.78, 5) is 18.6. The molecule has 1 aliphatic heterocycles. The van der Waals surface area contributed by atoms with Gasteiger partial charge in [0.1, 0.15) is 18.2 Å². The van der Waals surface area contributed by atoms with Crippen molar-refractivity contribution >= 4 is 5.91 Å². The average molecular weight is 302 g/mol. The molecule has 1 aliphatic rings. The molecule has 7 nitrogen and oxygen atoms in total. The average Bonchev–Trinajstić information content (AvgIpc) is 3.08. The number of hydrogen-bond acceptors (Lipinski definition) is 5. The summed E-state index contributed by atoms with van der Waals surface area (Å²) in [7, 11) is 1.57. The minimum absolute atomic E-state index is 0.0651. The number of benzene rings is 1. The van der Waals surface area contributed by atoms with Crippen molar-refractivity contribution in [1.82, 2.24) is 20.1 Å². The third-order valence-electron chi connectivity index (χ3n) is 3.68. The second kappa shape index (κ2) is 6.15. The van der Waals surface area contributed by atoms with E-state index in [9.17, 15) is 4.79 Å². The van der Waals surface area contributed by atoms with Gasteiger partial charge in [0.25, 0.3) is 5.91 Å². The molecule has 1 aromatic heterocycles. The van der Waals surface area contributed by atoms with Crippen LogP contribution in [0.4, 0.5) is 0 Å². The van der Waals surface area contributed by atoms with Crippen molar-refractivity contribution in [3.8, 4) is 5.75 Å². The number of aryl methyl sites for hydroxylation is 1. The minimum atomic E-state index is -0.281. The van der Waals surface area contributed by atoms with Gasteiger partial charge in [0.2, 0.25) is 0 Å². The van der Waals surface area contributed by atoms with E-state index in [1.807, 2.05) is 19.1 Å². The maximum Gasteiger partial charge on any atom is 0.257 e. The molecule has 1 amide bonds. The van der Waals surface area contributed by atoms with Gasteiger partial charge in [-0.05, 0) is 24.6 Å². The summed E-state index contributed by atoms with van der Waals surface area (Å²) < 4.78 is 11.0. The number of aromatic nitrogens is 3. The van der Waals surface area contributed by atoms with E-state index in [4.69, 9.17) is 9.47 Å². The molecule has 22 heavy (non-hydrogen) atoms. The van der Waals surface area contributed by atoms with Crippen LogP contribution in [0.1, 0.15) is 27.8 Å². The van der Waals surface area contributed by atoms with Gasteiger partial charge in [-0.25, -0.2) is 4.98 Å². The number of hydrogen-bond donors (Lipinski definition) is 1. The highest BCUT2D eigenvalue weighted by Gasteiger charge is 2.29. The lowest BCUT2D eigenvalue weighted by Gasteiger charge is -2.32. The highest BCUT2D eigenvalue weighted by molar-refractivity contribution is 5.97. The van der Waals surface area contributed by atoms with Crippen LogP contribution in [0.25, 0.3) is 0 Å². The Kier molecular flexibility index (Phi) is 4.06. The molecule has 1 N–H and O–H groups in total. The maximum absolute atomic E-state index is 12.8. The van der Waals surface area contributed by atoms with E-state index in [2.05, 4.69) is 15.2 Å². The zero-order valence-corrected chi connectivity index (χ0v) is 12.6. The first-order chi connectivity index (χ1) is 10.7. The predicted molar refractivity (Wildman–Crippen MR) is 78.7 cm³/mol. The van der Waals surface area contributed by atoms with Gasteiger partial charge in [-0.2, -0.15) is 5.10 Å². The standard InChI is InChI=1S/C15H18N4O3/c1-10-3-4-11(12(7-10)21-2)15(20)19-5-6-22-13(8-19)14-16-9-17-18-14/h3-4,7,9,13H,5-6,8H2,1-2H3,(H,16,17,18). The highest BCUT2D eigenvalue weighted by atomic mass is 16.5. The van der Waals surface area contributed by atoms with Crippen LogP contribution >= 0.6 is 0 Å². The molecule has 0 bridgehead atoms. The van der Waals surface area contributed by atoms with Crippen molar-refractivity contribution in [2.75, 3.05) is 26.8 Å². The Labute approximate surface area is 128 Å². The fraction of sp³-hybridized carbons (Fsp3) is 0.400. The normalized spacial score (nSPS) is 18.3. The topological polar surface area (TPSA) is 80.3 Å². The van der Waals surface area contributed by atoms with Crippen LogP contribution in [0, 0.1) is 6.92 Å². The van der Waals surface area contributed by atoms with Crippen LogP contribution in [0.3, 0.4) is 0 Å². The number of rotatable bonds is 3. The van der Waals surface area contributed by atoms with Gasteiger partial charge in [0, 0.05) is 6.54 Å². The number of nitrogens with one attached hydrogen (secondary N) is 1. The summed E-state index contributed by atoms with van der Waals surface area (Å²) in [5, 5.41) is 6.61. The third-order valence-corrected chi connectivity index (χ3v) is 3.68. The number of amides is 1. The molecule has 0 radical (unpaired) electrons. The second-order valence-electron chi connectivity index (χ2n) is 5.19. The summed E-state index contributed by atoms with van der Waals surface area (Å²) >= 11 is 0. The van der Waals surface area contributed by atoms with Crippen LogP contribution in [0.5, 0.6) is 5.75 Å². The summed E-state index contributed by atoms with van der Waals surface area (Å²) in [6, 6.07) is 5.57. The number of carbonyl (C=O) groups is 1. The molecular formula is C15H18N4O3. The molecular weight excluding hydrogens is 284 g/mol. The van der Waals surface area contributed by atoms with Crippen LogP contribution in [-0.2, 0) is 4.74 Å². The van der Waals surface area contributed by atoms with E-state index >= 15 is 0 Å². The van der Waals surface area contributed by atoms with Crippen molar-refractivity contribution < 1.29 is 14.3 Å². The van der Waals surface area contributed by atoms with Crippen molar-refractivity contribution in [3.63, 3.8) is 0 Å². The number of H-pyrrole nitrogens is 1. The van der Waals surface area contributed by atoms with Crippen molar-refractivity contribution in [2.45, 2.75) is 13.0 Å². The number of carbonyl (C=O) groups excluding carboxylic acids is 1. The lowest BCUT2D eigenvalue weighted by Crippen LogP contribution is -2.42. The molecule has 1 unspecified atom stereocenters. The molecule has 2 heterocycles. The molecule has 1 aromatic carbocycles. The predicted octanol–water partition coefficient (Wildman–Crippen LogP) is 1.34. The van der Waals surface area contributed by atoms with Crippen LogP contribution in [-0.4, -0.2) is 52.8 Å². The second-order valence-corrected chi connectivity index (χ2v) is 5.19. The number of methoxy groups -OCH3 is 1. The Morgan fingerprint density at radius 2 is 2.36 bits per heavy atom. The van der Waals surface area contributed by atoms with E-state index in [1.54, 1.807) is 18.1 Å². The molecule has 0 spiro atoms. The van der Waals surface area contributed by atoms with E-state index in [1.165, 1.54) is 6.33 Å². The van der Waals surface area contributed by atoms with E-state index < -0.39 is 0 Å². The Bertz CT molecular complexity index is 657. The van der Waals surface area contributed by atoms with Gasteiger partial charge < -0.3 is 14.4 Å². The number of nitrogens with zero attached hydrogens (tertiary/aromatic N) is 3. The molecule has 0 aliphatic carbocycles. The van der Waals surface area contributed by atoms with Crippen molar-refractivity contribution in [1.29, 1.82) is 0 Å². The van der Waals surface area contributed by atoms with Gasteiger partial charge in [0.05, 0.1) is 25.8 Å². The third kappa shape index (κ3) is 2.80. The van der Waals surface area contributed by atoms with Gasteiger partial charge in [-0.1, -0.05) is 6.07 Å². The van der Waals surface area contributed by atoms with E-state index in [0.29, 0.717) is 36.8 Å². The zero-order chi connectivity index (χ0) is 15.5. The van der Waals surface area contributed by atoms with E-state index in [0.717, 1.165) is 5.56 Å². The lowest BCUT2D eigenvalue weighted by molar-refractivity contribution is -0.0267. The Morgan fingerprint density at radius 3 is 3.09 bits per heavy atom. The quantitative estimate of drug-likeness (QED) is 0.925. The van der Waals surface area contributed by atoms with Gasteiger partial charge >= 0.3 is 0 Å². The number of morpholine rings is 1. The Hall–Kier alpha value is -2.41. The smallest absolute Gasteiger partial charge is 0.257 e. The molecule has 3 rings (SSSR count). The van der Waals surface area contributed by atoms with Crippen molar-refractivity contribution in [2.24, 2.45) is 0 Å². The highest BCUT2D eigenvalue weighted by Crippen LogP contribution is 2.25. The largest absolute Gasteiger partial charge is 0.496 e. The molecule has 1 saturated heterocycles. The summed E-state index contributed by atoms with van der Waals surface area (Å²) in [6.07, 6.45) is 1.15. The van der Waals surface area contributed by atoms with E-state index in [-0.39, 0.29) is 12.0 Å². The fourth-order valence-corrected chi connectivity index (χ4v) is 2.51. The summed E-state index contributed by atoms with van der Waals surface area (Å²) in [5.41, 5.74) is 1.61. The first kappa shape index (κ1) is 14.5. The van der Waals surface area contributed by atoms with Crippen LogP contribution < -0.4 is 4.74 Å². The van der Waals surface area contributed by atoms with Gasteiger partial charge in [0.15, 0.2) is 5.82 Å². The summed E-state index contributed by atoms with van der Waals surface area (Å²) in [5.74, 6) is 1.16. The molecule has 116 valence electrons. The van der Waals surface area contributed by atoms with Crippen molar-refractivity contribution in [3.05, 3.63) is 41.5 Å². The first-order valence-corrected chi connectivity index (χ1v) is 7.10. The van der Waals surface area contributed by atoms with Crippen LogP contribution in [0.2, 0.25) is 0 Å². The lowest BCUT2D eigenvalue weighted by atomic mass is 10.1. The van der Waals surface area contributed by atoms with Gasteiger partial charge in [-0.15, -0.1) is 0 Å². The van der Waals surface area contributed by atoms with Crippen LogP contribution in [0.15, 0.2) is 24.5 Å². The molecule has 0 saturated carbocycles. The fourth-order valence-electron chi connectivity index (χ4n) is 2.51.